The van der Waals surface area contributed by atoms with E-state index in [1.807, 2.05) is 25.1 Å². The van der Waals surface area contributed by atoms with E-state index in [0.29, 0.717) is 30.8 Å². The van der Waals surface area contributed by atoms with E-state index < -0.39 is 28.7 Å². The first kappa shape index (κ1) is 29.8. The number of carbonyl (C=O) groups is 1. The lowest BCUT2D eigenvalue weighted by atomic mass is 10.0. The number of nitrogens with one attached hydrogen (secondary N) is 1. The molecule has 2 aliphatic heterocycles. The second kappa shape index (κ2) is 11.4. The summed E-state index contributed by atoms with van der Waals surface area (Å²) in [7, 11) is 0. The first-order chi connectivity index (χ1) is 18.8. The fourth-order valence-electron chi connectivity index (χ4n) is 5.49. The number of nitrogens with zero attached hydrogens (tertiary/aromatic N) is 4. The van der Waals surface area contributed by atoms with Crippen LogP contribution in [-0.2, 0) is 17.4 Å². The van der Waals surface area contributed by atoms with E-state index in [9.17, 15) is 18.0 Å². The number of piperazine rings is 1. The Balaban J connectivity index is 1.57. The van der Waals surface area contributed by atoms with E-state index in [1.54, 1.807) is 24.8 Å². The van der Waals surface area contributed by atoms with Gasteiger partial charge in [0.25, 0.3) is 5.91 Å². The molecule has 4 rings (SSSR count). The van der Waals surface area contributed by atoms with Crippen molar-refractivity contribution in [2.24, 2.45) is 0 Å². The highest BCUT2D eigenvalue weighted by atomic mass is 32.1. The summed E-state index contributed by atoms with van der Waals surface area (Å²) in [5.74, 6) is 0.281. The van der Waals surface area contributed by atoms with Crippen molar-refractivity contribution in [2.45, 2.75) is 64.8 Å². The van der Waals surface area contributed by atoms with Crippen molar-refractivity contribution in [3.63, 3.8) is 0 Å². The van der Waals surface area contributed by atoms with Crippen LogP contribution < -0.4 is 19.9 Å². The zero-order valence-electron chi connectivity index (χ0n) is 23.3. The maximum absolute atomic E-state index is 13.6. The van der Waals surface area contributed by atoms with Crippen molar-refractivity contribution >= 4 is 34.6 Å². The fourth-order valence-corrected chi connectivity index (χ4v) is 6.01. The number of amides is 1. The Hall–Kier alpha value is -3.20. The van der Waals surface area contributed by atoms with Gasteiger partial charge in [-0.25, -0.2) is 0 Å². The van der Waals surface area contributed by atoms with Gasteiger partial charge >= 0.3 is 6.18 Å². The summed E-state index contributed by atoms with van der Waals surface area (Å²) in [6.07, 6.45) is -4.08. The molecule has 2 heterocycles. The Kier molecular flexibility index (Phi) is 8.45. The van der Waals surface area contributed by atoms with Crippen molar-refractivity contribution in [1.29, 1.82) is 5.26 Å². The number of ether oxygens (including phenoxy) is 1. The molecular formula is C29H34F3N5O2S. The lowest BCUT2D eigenvalue weighted by molar-refractivity contribution is -0.137. The van der Waals surface area contributed by atoms with Gasteiger partial charge in [-0.2, -0.15) is 18.4 Å². The number of halogens is 3. The lowest BCUT2D eigenvalue weighted by Gasteiger charge is -2.36. The number of nitriles is 1. The molecule has 214 valence electrons. The van der Waals surface area contributed by atoms with Crippen LogP contribution in [0.3, 0.4) is 0 Å². The summed E-state index contributed by atoms with van der Waals surface area (Å²) in [4.78, 5) is 18.7. The number of benzene rings is 2. The van der Waals surface area contributed by atoms with Crippen LogP contribution in [0.25, 0.3) is 0 Å². The van der Waals surface area contributed by atoms with Crippen LogP contribution in [0.15, 0.2) is 36.4 Å². The highest BCUT2D eigenvalue weighted by molar-refractivity contribution is 7.81. The predicted molar refractivity (Wildman–Crippen MR) is 153 cm³/mol. The maximum atomic E-state index is 13.6. The molecule has 1 N–H and O–H groups in total. The monoisotopic (exact) mass is 573 g/mol. The minimum atomic E-state index is -4.76. The standard InChI is InChI=1S/C29H34F3N5O2S/c1-6-20-13-23(9-10-25(20)39-12-11-35-16-18(2)34-19(3)17-35)37-27(40)36(26(38)28(37,4)5)22-8-7-21(15-33)24(14-22)29(30,31)32/h7-10,13-14,18-19,34H,6,11-12,16-17H2,1-5H3/t18-,19+. The molecule has 1 amide bonds. The van der Waals surface area contributed by atoms with E-state index in [4.69, 9.17) is 22.2 Å². The van der Waals surface area contributed by atoms with Crippen LogP contribution in [0.1, 0.15) is 51.3 Å². The zero-order chi connectivity index (χ0) is 29.4. The van der Waals surface area contributed by atoms with Gasteiger partial charge < -0.3 is 15.0 Å². The summed E-state index contributed by atoms with van der Waals surface area (Å²) in [5, 5.41) is 12.7. The third-order valence-electron chi connectivity index (χ3n) is 7.34. The highest BCUT2D eigenvalue weighted by Gasteiger charge is 2.50. The summed E-state index contributed by atoms with van der Waals surface area (Å²) >= 11 is 5.67. The van der Waals surface area contributed by atoms with Crippen molar-refractivity contribution in [3.05, 3.63) is 53.1 Å². The Morgan fingerprint density at radius 1 is 1.12 bits per heavy atom. The molecule has 7 nitrogen and oxygen atoms in total. The first-order valence-electron chi connectivity index (χ1n) is 13.3. The van der Waals surface area contributed by atoms with Crippen molar-refractivity contribution in [3.8, 4) is 11.8 Å². The fraction of sp³-hybridized carbons (Fsp3) is 0.483. The number of carbonyl (C=O) groups excluding carboxylic acids is 1. The molecule has 0 aliphatic carbocycles. The Morgan fingerprint density at radius 2 is 1.77 bits per heavy atom. The summed E-state index contributed by atoms with van der Waals surface area (Å²) in [6.45, 7) is 13.0. The van der Waals surface area contributed by atoms with Gasteiger partial charge in [0.15, 0.2) is 5.11 Å². The van der Waals surface area contributed by atoms with Crippen LogP contribution in [-0.4, -0.2) is 59.8 Å². The predicted octanol–water partition coefficient (Wildman–Crippen LogP) is 5.12. The van der Waals surface area contributed by atoms with E-state index >= 15 is 0 Å². The highest BCUT2D eigenvalue weighted by Crippen LogP contribution is 2.40. The van der Waals surface area contributed by atoms with Gasteiger partial charge in [-0.15, -0.1) is 0 Å². The Morgan fingerprint density at radius 3 is 2.38 bits per heavy atom. The number of rotatable bonds is 7. The van der Waals surface area contributed by atoms with Crippen LogP contribution in [0.2, 0.25) is 0 Å². The van der Waals surface area contributed by atoms with Crippen LogP contribution in [0.4, 0.5) is 24.5 Å². The molecule has 11 heteroatoms. The molecule has 2 aliphatic rings. The lowest BCUT2D eigenvalue weighted by Crippen LogP contribution is -2.54. The van der Waals surface area contributed by atoms with Gasteiger partial charge in [0, 0.05) is 37.4 Å². The summed E-state index contributed by atoms with van der Waals surface area (Å²) in [5.41, 5.74) is -1.25. The third-order valence-corrected chi connectivity index (χ3v) is 7.70. The first-order valence-corrected chi connectivity index (χ1v) is 13.7. The molecule has 2 aromatic rings. The molecule has 40 heavy (non-hydrogen) atoms. The van der Waals surface area contributed by atoms with Crippen molar-refractivity contribution in [1.82, 2.24) is 10.2 Å². The van der Waals surface area contributed by atoms with E-state index in [-0.39, 0.29) is 10.8 Å². The number of hydrogen-bond acceptors (Lipinski definition) is 6. The van der Waals surface area contributed by atoms with Crippen LogP contribution in [0.5, 0.6) is 5.75 Å². The molecule has 0 bridgehead atoms. The number of anilines is 2. The summed E-state index contributed by atoms with van der Waals surface area (Å²) in [6, 6.07) is 11.2. The van der Waals surface area contributed by atoms with Gasteiger partial charge in [0.2, 0.25) is 0 Å². The van der Waals surface area contributed by atoms with Crippen LogP contribution in [0, 0.1) is 11.3 Å². The molecular weight excluding hydrogens is 539 g/mol. The quantitative estimate of drug-likeness (QED) is 0.461. The van der Waals surface area contributed by atoms with Gasteiger partial charge in [-0.05, 0) is 88.3 Å². The molecule has 2 atom stereocenters. The molecule has 2 fully saturated rings. The van der Waals surface area contributed by atoms with Gasteiger partial charge in [-0.1, -0.05) is 6.92 Å². The molecule has 0 aromatic heterocycles. The van der Waals surface area contributed by atoms with Crippen molar-refractivity contribution in [2.75, 3.05) is 36.0 Å². The molecule has 0 radical (unpaired) electrons. The smallest absolute Gasteiger partial charge is 0.417 e. The molecule has 0 unspecified atom stereocenters. The van der Waals surface area contributed by atoms with Gasteiger partial charge in [0.1, 0.15) is 17.9 Å². The second-order valence-electron chi connectivity index (χ2n) is 10.9. The maximum Gasteiger partial charge on any atom is 0.417 e. The van der Waals surface area contributed by atoms with Gasteiger partial charge in [-0.3, -0.25) is 14.6 Å². The number of thiocarbonyl (C=S) groups is 1. The number of aryl methyl sites for hydroxylation is 1. The minimum Gasteiger partial charge on any atom is -0.492 e. The minimum absolute atomic E-state index is 0.0379. The number of hydrogen-bond donors (Lipinski definition) is 1. The average molecular weight is 574 g/mol. The van der Waals surface area contributed by atoms with Gasteiger partial charge in [0.05, 0.1) is 22.9 Å². The Bertz CT molecular complexity index is 1330. The molecule has 0 spiro atoms. The topological polar surface area (TPSA) is 71.8 Å². The zero-order valence-corrected chi connectivity index (χ0v) is 24.1. The van der Waals surface area contributed by atoms with E-state index in [0.717, 1.165) is 48.0 Å². The second-order valence-corrected chi connectivity index (χ2v) is 11.2. The molecule has 2 saturated heterocycles. The van der Waals surface area contributed by atoms with E-state index in [1.165, 1.54) is 6.07 Å². The molecule has 0 saturated carbocycles. The van der Waals surface area contributed by atoms with E-state index in [2.05, 4.69) is 24.1 Å². The third kappa shape index (κ3) is 5.80. The largest absolute Gasteiger partial charge is 0.492 e. The Labute approximate surface area is 238 Å². The van der Waals surface area contributed by atoms with Crippen LogP contribution >= 0.6 is 12.2 Å². The van der Waals surface area contributed by atoms with Crippen molar-refractivity contribution < 1.29 is 22.7 Å². The molecule has 2 aromatic carbocycles. The normalized spacial score (nSPS) is 21.6. The number of alkyl halides is 3. The SMILES string of the molecule is CCc1cc(N2C(=S)N(c3ccc(C#N)c(C(F)(F)F)c3)C(=O)C2(C)C)ccc1OCCN1C[C@@H](C)N[C@@H](C)C1. The average Bonchev–Trinajstić information content (AvgIpc) is 3.06. The summed E-state index contributed by atoms with van der Waals surface area (Å²) < 4.78 is 47.0.